The Bertz CT molecular complexity index is 227. The van der Waals surface area contributed by atoms with Gasteiger partial charge in [0.2, 0.25) is 6.17 Å². The minimum absolute atomic E-state index is 0. The van der Waals surface area contributed by atoms with Crippen LogP contribution in [0.15, 0.2) is 0 Å². The zero-order chi connectivity index (χ0) is 10.2. The van der Waals surface area contributed by atoms with Gasteiger partial charge < -0.3 is 8.42 Å². The number of hydrogen-bond acceptors (Lipinski definition) is 3. The molecule has 0 N–H and O–H groups in total. The maximum atomic E-state index is 11.7. The minimum Gasteiger partial charge on any atom is -0.419 e. The fraction of sp³-hybridized carbons (Fsp3) is 1.00. The molecule has 0 rings (SSSR count). The van der Waals surface area contributed by atoms with Crippen molar-refractivity contribution in [1.82, 2.24) is 0 Å². The van der Waals surface area contributed by atoms with Crippen molar-refractivity contribution in [3.63, 3.8) is 0 Å². The predicted octanol–water partition coefficient (Wildman–Crippen LogP) is -1.21. The summed E-state index contributed by atoms with van der Waals surface area (Å²) in [5.41, 5.74) is 0. The maximum Gasteiger partial charge on any atom is 1.00 e. The van der Waals surface area contributed by atoms with Crippen molar-refractivity contribution < 1.29 is 53.6 Å². The van der Waals surface area contributed by atoms with Crippen LogP contribution in [0.1, 0.15) is 0 Å². The number of hydrogen-bond donors (Lipinski definition) is 0. The molecule has 0 aliphatic heterocycles. The zero-order valence-corrected chi connectivity index (χ0v) is 6.89. The Hall–Kier alpha value is 0.127. The van der Waals surface area contributed by atoms with Crippen LogP contribution in [-0.2, 0) is 19.1 Å². The molecule has 0 radical (unpaired) electrons. The van der Waals surface area contributed by atoms with Crippen LogP contribution >= 0.6 is 0 Å². The van der Waals surface area contributed by atoms with Crippen LogP contribution in [0.25, 0.3) is 0 Å². The van der Waals surface area contributed by atoms with E-state index in [1.807, 2.05) is 0 Å². The van der Waals surface area contributed by atoms with Gasteiger partial charge in [0.15, 0.2) is 0 Å². The van der Waals surface area contributed by atoms with Crippen molar-refractivity contribution in [1.29, 1.82) is 0 Å². The van der Waals surface area contributed by atoms with Crippen molar-refractivity contribution >= 4 is 10.7 Å². The van der Waals surface area contributed by atoms with Gasteiger partial charge in [0.25, 0.3) is 5.25 Å². The molecule has 0 saturated carbocycles. The summed E-state index contributed by atoms with van der Waals surface area (Å²) >= 11 is 0. The van der Waals surface area contributed by atoms with E-state index in [1.165, 1.54) is 0 Å². The summed E-state index contributed by atoms with van der Waals surface area (Å²) < 4.78 is 87.5. The molecule has 0 aromatic rings. The molecule has 0 spiro atoms. The summed E-state index contributed by atoms with van der Waals surface area (Å²) in [6.07, 6.45) is -10.6. The first-order chi connectivity index (χ1) is 5.10. The molecule has 0 aromatic heterocycles. The van der Waals surface area contributed by atoms with Gasteiger partial charge in [-0.05, 0) is 10.7 Å². The number of alkyl halides is 6. The second kappa shape index (κ2) is 4.57. The van der Waals surface area contributed by atoms with Gasteiger partial charge in [-0.25, -0.2) is 13.2 Å². The largest absolute Gasteiger partial charge is 1.00 e. The molecule has 0 fully saturated rings. The van der Waals surface area contributed by atoms with Crippen LogP contribution in [0.2, 0.25) is 0 Å². The molecular weight excluding hydrogens is 221 g/mol. The van der Waals surface area contributed by atoms with Crippen molar-refractivity contribution in [3.05, 3.63) is 0 Å². The van der Waals surface area contributed by atoms with Crippen LogP contribution in [0, 0.1) is 0 Å². The van der Waals surface area contributed by atoms with E-state index >= 15 is 0 Å². The standard InChI is InChI=1S/C3HF6O2S.Li/c4-1(2(5,6)7)3(8,9)12(10)11;/h1H;/q-1;+1. The second-order valence-electron chi connectivity index (χ2n) is 1.70. The molecule has 74 valence electrons. The Morgan fingerprint density at radius 2 is 1.31 bits per heavy atom. The van der Waals surface area contributed by atoms with E-state index in [4.69, 9.17) is 0 Å². The summed E-state index contributed by atoms with van der Waals surface area (Å²) in [7, 11) is -4.43. The van der Waals surface area contributed by atoms with Crippen LogP contribution in [-0.4, -0.2) is 17.6 Å². The average molecular weight is 222 g/mol. The Balaban J connectivity index is 0. The first kappa shape index (κ1) is 15.6. The smallest absolute Gasteiger partial charge is 0.419 e. The van der Waals surface area contributed by atoms with Crippen LogP contribution < -0.4 is 18.9 Å². The van der Waals surface area contributed by atoms with Gasteiger partial charge in [0.05, 0.1) is 0 Å². The Kier molecular flexibility index (Phi) is 5.48. The average Bonchev–Trinajstić information content (AvgIpc) is 1.83. The summed E-state index contributed by atoms with van der Waals surface area (Å²) in [6, 6.07) is 0. The summed E-state index contributed by atoms with van der Waals surface area (Å²) in [5, 5.41) is -5.43. The van der Waals surface area contributed by atoms with Gasteiger partial charge in [-0.2, -0.15) is 13.2 Å². The van der Waals surface area contributed by atoms with E-state index in [0.29, 0.717) is 0 Å². The van der Waals surface area contributed by atoms with E-state index < -0.39 is 28.3 Å². The monoisotopic (exact) mass is 222 g/mol. The summed E-state index contributed by atoms with van der Waals surface area (Å²) in [5.74, 6) is 0. The maximum absolute atomic E-state index is 11.7. The van der Waals surface area contributed by atoms with Crippen molar-refractivity contribution in [2.24, 2.45) is 0 Å². The van der Waals surface area contributed by atoms with Crippen molar-refractivity contribution in [2.75, 3.05) is 0 Å². The molecule has 0 aromatic carbocycles. The Labute approximate surface area is 82.4 Å². The van der Waals surface area contributed by atoms with Gasteiger partial charge in [-0.15, -0.1) is 0 Å². The van der Waals surface area contributed by atoms with E-state index in [1.54, 1.807) is 0 Å². The third kappa shape index (κ3) is 3.79. The van der Waals surface area contributed by atoms with E-state index in [2.05, 4.69) is 0 Å². The minimum atomic E-state index is -5.89. The molecule has 13 heavy (non-hydrogen) atoms. The summed E-state index contributed by atoms with van der Waals surface area (Å²) in [4.78, 5) is 0. The molecule has 1 unspecified atom stereocenters. The van der Waals surface area contributed by atoms with Crippen LogP contribution in [0.4, 0.5) is 26.3 Å². The van der Waals surface area contributed by atoms with Crippen molar-refractivity contribution in [3.8, 4) is 0 Å². The third-order valence-corrected chi connectivity index (χ3v) is 1.46. The van der Waals surface area contributed by atoms with Gasteiger partial charge >= 0.3 is 25.0 Å². The van der Waals surface area contributed by atoms with Crippen molar-refractivity contribution in [2.45, 2.75) is 17.6 Å². The van der Waals surface area contributed by atoms with Gasteiger partial charge in [-0.1, -0.05) is 0 Å². The van der Waals surface area contributed by atoms with Gasteiger partial charge in [0, 0.05) is 0 Å². The fourth-order valence-electron chi connectivity index (χ4n) is 0.275. The molecule has 0 saturated heterocycles. The van der Waals surface area contributed by atoms with Gasteiger partial charge in [0.1, 0.15) is 0 Å². The van der Waals surface area contributed by atoms with Crippen LogP contribution in [0.3, 0.4) is 0 Å². The fourth-order valence-corrected chi connectivity index (χ4v) is 0.578. The molecule has 0 aliphatic carbocycles. The molecule has 0 bridgehead atoms. The quantitative estimate of drug-likeness (QED) is 0.334. The first-order valence-electron chi connectivity index (χ1n) is 2.28. The molecule has 1 atom stereocenters. The molecule has 0 aliphatic rings. The molecular formula is C3HF6LiO2S. The SMILES string of the molecule is O=[S-](=O)C(F)(F)C(F)C(F)(F)F.[Li+]. The second-order valence-corrected chi connectivity index (χ2v) is 2.71. The van der Waals surface area contributed by atoms with Crippen LogP contribution in [0.5, 0.6) is 0 Å². The Morgan fingerprint density at radius 3 is 1.38 bits per heavy atom. The molecule has 0 heterocycles. The molecule has 2 nitrogen and oxygen atoms in total. The predicted molar refractivity (Wildman–Crippen MR) is 24.6 cm³/mol. The Morgan fingerprint density at radius 1 is 1.00 bits per heavy atom. The molecule has 0 amide bonds. The zero-order valence-electron chi connectivity index (χ0n) is 6.07. The first-order valence-corrected chi connectivity index (χ1v) is 3.35. The van der Waals surface area contributed by atoms with E-state index in [9.17, 15) is 34.8 Å². The third-order valence-electron chi connectivity index (χ3n) is 0.805. The number of halogens is 6. The summed E-state index contributed by atoms with van der Waals surface area (Å²) in [6.45, 7) is 0. The number of rotatable bonds is 2. The van der Waals surface area contributed by atoms with Gasteiger partial charge in [-0.3, -0.25) is 0 Å². The van der Waals surface area contributed by atoms with E-state index in [0.717, 1.165) is 0 Å². The van der Waals surface area contributed by atoms with E-state index in [-0.39, 0.29) is 18.9 Å². The normalized spacial score (nSPS) is 15.3. The topological polar surface area (TPSA) is 34.1 Å². The molecule has 10 heteroatoms.